The lowest BCUT2D eigenvalue weighted by Crippen LogP contribution is -2.14. The summed E-state index contributed by atoms with van der Waals surface area (Å²) in [5.41, 5.74) is 22.3. The zero-order chi connectivity index (χ0) is 61.3. The summed E-state index contributed by atoms with van der Waals surface area (Å²) in [4.78, 5) is 105. The highest BCUT2D eigenvalue weighted by Gasteiger charge is 2.04. The number of primary amides is 3. The molecule has 3 amide bonds. The third-order valence-corrected chi connectivity index (χ3v) is 9.48. The number of carboxylic acid groups (broad SMARTS) is 1. The van der Waals surface area contributed by atoms with Crippen LogP contribution in [-0.4, -0.2) is 108 Å². The summed E-state index contributed by atoms with van der Waals surface area (Å²) >= 11 is 0. The number of aryl methyl sites for hydroxylation is 1. The van der Waals surface area contributed by atoms with Crippen LogP contribution in [0.2, 0.25) is 0 Å². The molecule has 0 unspecified atom stereocenters. The maximum Gasteiger partial charge on any atom is 0.311 e. The number of carboxylic acids is 1. The normalized spacial score (nSPS) is 9.14. The number of nitriles is 1. The fourth-order valence-corrected chi connectivity index (χ4v) is 5.73. The molecule has 83 heavy (non-hydrogen) atoms. The number of pyridine rings is 8. The first-order valence-electron chi connectivity index (χ1n) is 24.8. The lowest BCUT2D eigenvalue weighted by Gasteiger charge is -1.97. The predicted molar refractivity (Wildman–Crippen MR) is 305 cm³/mol. The highest BCUT2D eigenvalue weighted by atomic mass is 16.5. The second-order valence-electron chi connectivity index (χ2n) is 16.3. The molecule has 0 aliphatic heterocycles. The van der Waals surface area contributed by atoms with Gasteiger partial charge in [0.05, 0.1) is 95.8 Å². The third kappa shape index (κ3) is 39.9. The third-order valence-electron chi connectivity index (χ3n) is 9.48. The largest absolute Gasteiger partial charge is 0.481 e. The number of carbonyl (C=O) groups is 7. The second-order valence-corrected chi connectivity index (χ2v) is 16.3. The average molecular weight is 1130 g/mol. The highest BCUT2D eigenvalue weighted by molar-refractivity contribution is 5.77. The van der Waals surface area contributed by atoms with Crippen molar-refractivity contribution in [3.63, 3.8) is 0 Å². The Hall–Kier alpha value is -11.0. The van der Waals surface area contributed by atoms with Crippen LogP contribution in [0, 0.1) is 18.3 Å². The van der Waals surface area contributed by atoms with E-state index < -0.39 is 5.97 Å². The molecule has 0 bridgehead atoms. The van der Waals surface area contributed by atoms with Gasteiger partial charge >= 0.3 is 23.9 Å². The number of aromatic nitrogens is 8. The van der Waals surface area contributed by atoms with Gasteiger partial charge in [-0.25, -0.2) is 0 Å². The molecule has 8 aromatic rings. The number of aliphatic carboxylic acids is 1. The molecule has 23 heteroatoms. The van der Waals surface area contributed by atoms with E-state index in [-0.39, 0.29) is 61.3 Å². The second kappa shape index (κ2) is 44.9. The van der Waals surface area contributed by atoms with Gasteiger partial charge in [0.2, 0.25) is 17.7 Å². The van der Waals surface area contributed by atoms with Gasteiger partial charge in [-0.3, -0.25) is 73.4 Å². The molecule has 0 aromatic carbocycles. The zero-order valence-corrected chi connectivity index (χ0v) is 46.3. The van der Waals surface area contributed by atoms with Crippen LogP contribution in [0.15, 0.2) is 189 Å². The van der Waals surface area contributed by atoms with E-state index in [0.29, 0.717) is 31.4 Å². The van der Waals surface area contributed by atoms with E-state index in [2.05, 4.69) is 54.1 Å². The van der Waals surface area contributed by atoms with Crippen LogP contribution in [0.4, 0.5) is 0 Å². The number of ether oxygens (including phenoxy) is 3. The Kier molecular flexibility index (Phi) is 37.9. The van der Waals surface area contributed by atoms with Gasteiger partial charge in [0.1, 0.15) is 0 Å². The molecule has 0 aliphatic carbocycles. The summed E-state index contributed by atoms with van der Waals surface area (Å²) in [5, 5.41) is 16.6. The summed E-state index contributed by atoms with van der Waals surface area (Å²) in [6, 6.07) is 38.1. The van der Waals surface area contributed by atoms with E-state index in [1.165, 1.54) is 21.3 Å². The van der Waals surface area contributed by atoms with E-state index in [0.717, 1.165) is 45.0 Å². The highest BCUT2D eigenvalue weighted by Crippen LogP contribution is 2.01. The minimum Gasteiger partial charge on any atom is -0.481 e. The standard InChI is InChI=1S/C8H8N2.3C8H9NO2.3C7H8N2O.C7H7NO2/c1-7-3-2-4-8(10-7)5-6-9;1-11-8(10)6-7-2-4-9-5-3-7;1-11-8(10)5-7-3-2-4-9-6-7;1-11-8(10)6-7-4-2-3-5-9-7;8-7(10)5-6-1-3-9-4-2-6;8-7(10)4-6-2-1-3-9-5-6;8-7(10)5-6-3-1-2-4-9-6;9-7(10)5-6-3-1-2-4-8-6/h2-4H,5H2,1H3;2-5H,6H2,1H3;2-4,6H,5H2,1H3;2-5H,6H2,1H3;1-4H,5H2,(H2,8,10);1-3,5H,4H2,(H2,8,10);1-4H,5H2,(H2,8,10);1-4H,5H2,(H,9,10). The summed E-state index contributed by atoms with van der Waals surface area (Å²) in [6.07, 6.45) is 20.1. The molecule has 0 saturated carbocycles. The van der Waals surface area contributed by atoms with E-state index in [9.17, 15) is 33.6 Å². The number of carbonyl (C=O) groups excluding carboxylic acids is 6. The van der Waals surface area contributed by atoms with E-state index in [1.807, 2.05) is 55.5 Å². The van der Waals surface area contributed by atoms with Crippen molar-refractivity contribution in [2.45, 2.75) is 58.3 Å². The molecule has 0 radical (unpaired) electrons. The van der Waals surface area contributed by atoms with Crippen LogP contribution in [-0.2, 0) is 99.1 Å². The topological polar surface area (TPSA) is 372 Å². The van der Waals surface area contributed by atoms with Crippen molar-refractivity contribution >= 4 is 41.6 Å². The number of nitrogens with two attached hydrogens (primary N) is 3. The fraction of sp³-hybridized carbons (Fsp3) is 0.200. The van der Waals surface area contributed by atoms with E-state index >= 15 is 0 Å². The Bertz CT molecular complexity index is 2780. The monoisotopic (exact) mass is 1130 g/mol. The molecule has 0 saturated heterocycles. The van der Waals surface area contributed by atoms with Crippen LogP contribution in [0.5, 0.6) is 0 Å². The first-order valence-corrected chi connectivity index (χ1v) is 24.8. The lowest BCUT2D eigenvalue weighted by atomic mass is 10.2. The Morgan fingerprint density at radius 2 is 0.807 bits per heavy atom. The van der Waals surface area contributed by atoms with Crippen LogP contribution in [0.1, 0.15) is 50.7 Å². The van der Waals surface area contributed by atoms with Crippen LogP contribution in [0.25, 0.3) is 0 Å². The van der Waals surface area contributed by atoms with Gasteiger partial charge in [-0.15, -0.1) is 0 Å². The predicted octanol–water partition coefficient (Wildman–Crippen LogP) is 4.88. The Balaban J connectivity index is 0.000000474. The van der Waals surface area contributed by atoms with Crippen molar-refractivity contribution in [3.8, 4) is 6.07 Å². The SMILES string of the molecule is COC(=O)Cc1ccccn1.COC(=O)Cc1cccnc1.COC(=O)Cc1ccncc1.Cc1cccc(CC#N)n1.NC(=O)Cc1ccccn1.NC(=O)Cc1cccnc1.NC(=O)Cc1ccncc1.O=C(O)Cc1ccccn1. The maximum absolute atomic E-state index is 10.7. The van der Waals surface area contributed by atoms with Crippen molar-refractivity contribution in [2.75, 3.05) is 21.3 Å². The van der Waals surface area contributed by atoms with Gasteiger partial charge in [-0.1, -0.05) is 36.4 Å². The molecular formula is C60H66N12O11. The molecule has 8 heterocycles. The van der Waals surface area contributed by atoms with Crippen molar-refractivity contribution in [2.24, 2.45) is 17.2 Å². The molecule has 0 spiro atoms. The first-order chi connectivity index (χ1) is 40.0. The summed E-state index contributed by atoms with van der Waals surface area (Å²) in [6.45, 7) is 1.92. The van der Waals surface area contributed by atoms with Crippen LogP contribution in [0.3, 0.4) is 0 Å². The Morgan fingerprint density at radius 1 is 0.422 bits per heavy atom. The molecule has 8 rings (SSSR count). The fourth-order valence-electron chi connectivity index (χ4n) is 5.73. The number of hydrogen-bond acceptors (Lipinski definition) is 19. The number of methoxy groups -OCH3 is 3. The van der Waals surface area contributed by atoms with Crippen molar-refractivity contribution in [1.29, 1.82) is 5.26 Å². The molecule has 0 fully saturated rings. The summed E-state index contributed by atoms with van der Waals surface area (Å²) in [7, 11) is 4.12. The van der Waals surface area contributed by atoms with Gasteiger partial charge in [0, 0.05) is 79.6 Å². The smallest absolute Gasteiger partial charge is 0.311 e. The summed E-state index contributed by atoms with van der Waals surface area (Å²) < 4.78 is 13.5. The quantitative estimate of drug-likeness (QED) is 0.0784. The van der Waals surface area contributed by atoms with E-state index in [1.54, 1.807) is 147 Å². The number of hydrogen-bond donors (Lipinski definition) is 4. The van der Waals surface area contributed by atoms with Gasteiger partial charge in [-0.2, -0.15) is 5.26 Å². The van der Waals surface area contributed by atoms with Gasteiger partial charge in [0.25, 0.3) is 0 Å². The first kappa shape index (κ1) is 70.0. The minimum absolute atomic E-state index is 0.000833. The molecule has 0 aliphatic rings. The van der Waals surface area contributed by atoms with Gasteiger partial charge in [0.15, 0.2) is 0 Å². The Morgan fingerprint density at radius 3 is 1.18 bits per heavy atom. The average Bonchev–Trinajstić information content (AvgIpc) is 3.48. The van der Waals surface area contributed by atoms with Gasteiger partial charge < -0.3 is 36.5 Å². The molecule has 8 aromatic heterocycles. The van der Waals surface area contributed by atoms with Crippen LogP contribution >= 0.6 is 0 Å². The zero-order valence-electron chi connectivity index (χ0n) is 46.3. The number of amides is 3. The molecule has 0 atom stereocenters. The lowest BCUT2D eigenvalue weighted by molar-refractivity contribution is -0.140. The molecule has 7 N–H and O–H groups in total. The molecular weight excluding hydrogens is 1060 g/mol. The van der Waals surface area contributed by atoms with Crippen molar-refractivity contribution in [3.05, 3.63) is 240 Å². The van der Waals surface area contributed by atoms with E-state index in [4.69, 9.17) is 27.6 Å². The Labute approximate surface area is 481 Å². The van der Waals surface area contributed by atoms with Gasteiger partial charge in [-0.05, 0) is 114 Å². The number of nitrogens with zero attached hydrogens (tertiary/aromatic N) is 9. The summed E-state index contributed by atoms with van der Waals surface area (Å²) in [5.74, 6) is -2.56. The minimum atomic E-state index is -0.848. The van der Waals surface area contributed by atoms with Crippen molar-refractivity contribution < 1.29 is 52.9 Å². The number of esters is 3. The maximum atomic E-state index is 10.7. The molecule has 23 nitrogen and oxygen atoms in total. The molecule has 432 valence electrons. The van der Waals surface area contributed by atoms with Crippen LogP contribution < -0.4 is 17.2 Å². The number of rotatable bonds is 15. The van der Waals surface area contributed by atoms with Crippen molar-refractivity contribution in [1.82, 2.24) is 39.9 Å².